The van der Waals surface area contributed by atoms with Crippen molar-refractivity contribution in [3.8, 4) is 11.4 Å². The molecule has 0 radical (unpaired) electrons. The third-order valence-corrected chi connectivity index (χ3v) is 8.01. The summed E-state index contributed by atoms with van der Waals surface area (Å²) in [4.78, 5) is 19.8. The topological polar surface area (TPSA) is 38.7 Å². The molecule has 6 nitrogen and oxygen atoms in total. The normalized spacial score (nSPS) is 21.7. The molecule has 2 saturated heterocycles. The van der Waals surface area contributed by atoms with Gasteiger partial charge in [-0.1, -0.05) is 12.8 Å². The molecule has 0 saturated carbocycles. The second-order valence-corrected chi connectivity index (χ2v) is 10.6. The number of likely N-dealkylation sites (tertiary alicyclic amines) is 1. The second-order valence-electron chi connectivity index (χ2n) is 10.6. The van der Waals surface area contributed by atoms with E-state index in [1.54, 1.807) is 0 Å². The fraction of sp³-hybridized carbons (Fsp3) is 0.643. The summed E-state index contributed by atoms with van der Waals surface area (Å²) in [5.74, 6) is 2.02. The Labute approximate surface area is 206 Å². The van der Waals surface area contributed by atoms with Gasteiger partial charge in [-0.15, -0.1) is 0 Å². The molecule has 1 unspecified atom stereocenters. The Hall–Kier alpha value is -2.18. The van der Waals surface area contributed by atoms with Gasteiger partial charge in [0.25, 0.3) is 0 Å². The molecule has 0 spiro atoms. The number of fused-ring (bicyclic) bond motifs is 1. The van der Waals surface area contributed by atoms with Gasteiger partial charge in [-0.05, 0) is 96.5 Å². The third kappa shape index (κ3) is 5.55. The maximum atomic E-state index is 5.04. The van der Waals surface area contributed by atoms with Crippen LogP contribution in [0.2, 0.25) is 0 Å². The number of nitrogens with zero attached hydrogens (tertiary/aromatic N) is 6. The Morgan fingerprint density at radius 2 is 1.71 bits per heavy atom. The quantitative estimate of drug-likeness (QED) is 0.611. The predicted molar refractivity (Wildman–Crippen MR) is 142 cm³/mol. The summed E-state index contributed by atoms with van der Waals surface area (Å²) in [6.07, 6.45) is 12.5. The fourth-order valence-electron chi connectivity index (χ4n) is 5.84. The van der Waals surface area contributed by atoms with Gasteiger partial charge in [0, 0.05) is 55.2 Å². The molecule has 5 rings (SSSR count). The number of hydrogen-bond acceptors (Lipinski definition) is 6. The van der Waals surface area contributed by atoms with Crippen LogP contribution < -0.4 is 9.80 Å². The highest BCUT2D eigenvalue weighted by Crippen LogP contribution is 2.29. The van der Waals surface area contributed by atoms with E-state index in [1.807, 2.05) is 0 Å². The van der Waals surface area contributed by atoms with Crippen molar-refractivity contribution in [1.82, 2.24) is 19.8 Å². The first-order valence-electron chi connectivity index (χ1n) is 13.5. The van der Waals surface area contributed by atoms with Gasteiger partial charge < -0.3 is 19.6 Å². The number of piperidine rings is 1. The van der Waals surface area contributed by atoms with Gasteiger partial charge in [0.15, 0.2) is 5.82 Å². The van der Waals surface area contributed by atoms with Crippen LogP contribution in [0.25, 0.3) is 11.4 Å². The predicted octanol–water partition coefficient (Wildman–Crippen LogP) is 4.30. The first kappa shape index (κ1) is 23.6. The molecule has 1 atom stereocenters. The highest BCUT2D eigenvalue weighted by molar-refractivity contribution is 5.64. The minimum absolute atomic E-state index is 0.638. The van der Waals surface area contributed by atoms with Crippen LogP contribution in [0.3, 0.4) is 0 Å². The SMILES string of the molecule is CN(C)C1CCCN(c2ccc(-c3ncc4c(n3)N(CCCN3CCCCCC3)CC4)cc2)C1. The van der Waals surface area contributed by atoms with Gasteiger partial charge in [-0.3, -0.25) is 0 Å². The lowest BCUT2D eigenvalue weighted by Gasteiger charge is -2.37. The molecule has 2 aromatic rings. The van der Waals surface area contributed by atoms with Crippen molar-refractivity contribution >= 4 is 11.5 Å². The largest absolute Gasteiger partial charge is 0.370 e. The summed E-state index contributed by atoms with van der Waals surface area (Å²) < 4.78 is 0. The average molecular weight is 463 g/mol. The average Bonchev–Trinajstić information content (AvgIpc) is 3.09. The van der Waals surface area contributed by atoms with Crippen LogP contribution in [-0.4, -0.2) is 85.7 Å². The van der Waals surface area contributed by atoms with Crippen LogP contribution >= 0.6 is 0 Å². The van der Waals surface area contributed by atoms with Crippen LogP contribution in [0.15, 0.2) is 30.5 Å². The number of rotatable bonds is 7. The maximum Gasteiger partial charge on any atom is 0.161 e. The molecular formula is C28H42N6. The van der Waals surface area contributed by atoms with Crippen molar-refractivity contribution in [2.45, 2.75) is 57.4 Å². The van der Waals surface area contributed by atoms with Crippen molar-refractivity contribution in [3.63, 3.8) is 0 Å². The molecule has 3 aliphatic heterocycles. The molecule has 0 bridgehead atoms. The monoisotopic (exact) mass is 462 g/mol. The molecule has 4 heterocycles. The summed E-state index contributed by atoms with van der Waals surface area (Å²) >= 11 is 0. The van der Waals surface area contributed by atoms with Crippen LogP contribution in [0, 0.1) is 0 Å². The van der Waals surface area contributed by atoms with Crippen molar-refractivity contribution in [1.29, 1.82) is 0 Å². The van der Waals surface area contributed by atoms with E-state index < -0.39 is 0 Å². The number of hydrogen-bond donors (Lipinski definition) is 0. The second kappa shape index (κ2) is 11.0. The Bertz CT molecular complexity index is 919. The van der Waals surface area contributed by atoms with Crippen molar-refractivity contribution in [2.75, 3.05) is 69.7 Å². The van der Waals surface area contributed by atoms with Crippen LogP contribution in [0.5, 0.6) is 0 Å². The Morgan fingerprint density at radius 3 is 2.47 bits per heavy atom. The molecule has 0 amide bonds. The lowest BCUT2D eigenvalue weighted by molar-refractivity contribution is 0.258. The van der Waals surface area contributed by atoms with Gasteiger partial charge >= 0.3 is 0 Å². The molecule has 2 fully saturated rings. The molecule has 1 aromatic carbocycles. The lowest BCUT2D eigenvalue weighted by atomic mass is 10.0. The van der Waals surface area contributed by atoms with Gasteiger partial charge in [-0.2, -0.15) is 0 Å². The summed E-state index contributed by atoms with van der Waals surface area (Å²) in [6.45, 7) is 8.21. The molecule has 184 valence electrons. The van der Waals surface area contributed by atoms with Crippen molar-refractivity contribution in [3.05, 3.63) is 36.0 Å². The molecule has 34 heavy (non-hydrogen) atoms. The summed E-state index contributed by atoms with van der Waals surface area (Å²) in [5.41, 5.74) is 3.73. The van der Waals surface area contributed by atoms with E-state index in [9.17, 15) is 0 Å². The molecule has 6 heteroatoms. The molecular weight excluding hydrogens is 420 g/mol. The molecule has 1 aromatic heterocycles. The zero-order valence-corrected chi connectivity index (χ0v) is 21.3. The van der Waals surface area contributed by atoms with Gasteiger partial charge in [0.05, 0.1) is 0 Å². The van der Waals surface area contributed by atoms with Crippen molar-refractivity contribution < 1.29 is 0 Å². The zero-order chi connectivity index (χ0) is 23.3. The number of likely N-dealkylation sites (N-methyl/N-ethyl adjacent to an activating group) is 1. The van der Waals surface area contributed by atoms with Crippen LogP contribution in [0.1, 0.15) is 50.5 Å². The van der Waals surface area contributed by atoms with E-state index in [4.69, 9.17) is 9.97 Å². The van der Waals surface area contributed by atoms with Crippen molar-refractivity contribution in [2.24, 2.45) is 0 Å². The van der Waals surface area contributed by atoms with E-state index >= 15 is 0 Å². The highest BCUT2D eigenvalue weighted by Gasteiger charge is 2.23. The summed E-state index contributed by atoms with van der Waals surface area (Å²) in [7, 11) is 4.39. The van der Waals surface area contributed by atoms with E-state index in [0.717, 1.165) is 49.8 Å². The Balaban J connectivity index is 1.21. The van der Waals surface area contributed by atoms with E-state index in [-0.39, 0.29) is 0 Å². The van der Waals surface area contributed by atoms with E-state index in [2.05, 4.69) is 64.2 Å². The smallest absolute Gasteiger partial charge is 0.161 e. The Kier molecular flexibility index (Phi) is 7.65. The minimum atomic E-state index is 0.638. The first-order chi connectivity index (χ1) is 16.7. The highest BCUT2D eigenvalue weighted by atomic mass is 15.2. The number of anilines is 2. The van der Waals surface area contributed by atoms with Crippen LogP contribution in [-0.2, 0) is 6.42 Å². The Morgan fingerprint density at radius 1 is 0.912 bits per heavy atom. The molecule has 0 aliphatic carbocycles. The van der Waals surface area contributed by atoms with Gasteiger partial charge in [-0.25, -0.2) is 9.97 Å². The first-order valence-corrected chi connectivity index (χ1v) is 13.5. The number of aromatic nitrogens is 2. The fourth-order valence-corrected chi connectivity index (χ4v) is 5.84. The van der Waals surface area contributed by atoms with E-state index in [0.29, 0.717) is 6.04 Å². The zero-order valence-electron chi connectivity index (χ0n) is 21.3. The molecule has 3 aliphatic rings. The summed E-state index contributed by atoms with van der Waals surface area (Å²) in [6, 6.07) is 9.55. The van der Waals surface area contributed by atoms with Crippen LogP contribution in [0.4, 0.5) is 11.5 Å². The third-order valence-electron chi connectivity index (χ3n) is 8.01. The standard InChI is InChI=1S/C28H42N6/c1-31(2)26-9-7-18-34(22-26)25-12-10-23(11-13-25)27-29-21-24-14-20-33(28(24)30-27)19-8-17-32-15-5-3-4-6-16-32/h10-13,21,26H,3-9,14-20,22H2,1-2H3. The van der Waals surface area contributed by atoms with E-state index in [1.165, 1.54) is 75.8 Å². The van der Waals surface area contributed by atoms with Gasteiger partial charge in [0.2, 0.25) is 0 Å². The minimum Gasteiger partial charge on any atom is -0.370 e. The summed E-state index contributed by atoms with van der Waals surface area (Å²) in [5, 5.41) is 0. The maximum absolute atomic E-state index is 5.04. The number of benzene rings is 1. The molecule has 0 N–H and O–H groups in total. The lowest BCUT2D eigenvalue weighted by Crippen LogP contribution is -2.45. The van der Waals surface area contributed by atoms with Gasteiger partial charge in [0.1, 0.15) is 5.82 Å².